The zero-order valence-electron chi connectivity index (χ0n) is 10.4. The van der Waals surface area contributed by atoms with Crippen molar-refractivity contribution in [3.63, 3.8) is 0 Å². The molecule has 0 bridgehead atoms. The summed E-state index contributed by atoms with van der Waals surface area (Å²) < 4.78 is 0. The molecule has 104 valence electrons. The molecule has 0 aromatic rings. The van der Waals surface area contributed by atoms with Gasteiger partial charge in [-0.05, 0) is 17.9 Å². The molecule has 5 N–H and O–H groups in total. The lowest BCUT2D eigenvalue weighted by Gasteiger charge is -2.15. The number of carboxylic acid groups (broad SMARTS) is 1. The molecule has 0 spiro atoms. The number of primary amides is 1. The second-order valence-electron chi connectivity index (χ2n) is 3.98. The molecule has 0 radical (unpaired) electrons. The summed E-state index contributed by atoms with van der Waals surface area (Å²) in [5.41, 5.74) is 4.89. The molecule has 0 saturated heterocycles. The molecule has 7 nitrogen and oxygen atoms in total. The van der Waals surface area contributed by atoms with E-state index in [2.05, 4.69) is 10.6 Å². The SMILES string of the molecule is CSCC(C)CNC(=O)NC(CC(N)=O)C(=O)O. The van der Waals surface area contributed by atoms with E-state index in [4.69, 9.17) is 10.8 Å². The maximum Gasteiger partial charge on any atom is 0.326 e. The largest absolute Gasteiger partial charge is 0.480 e. The fourth-order valence-corrected chi connectivity index (χ4v) is 1.91. The Kier molecular flexibility index (Phi) is 7.93. The number of thioether (sulfide) groups is 1. The van der Waals surface area contributed by atoms with Gasteiger partial charge in [-0.2, -0.15) is 11.8 Å². The van der Waals surface area contributed by atoms with Crippen molar-refractivity contribution in [2.75, 3.05) is 18.6 Å². The average molecular weight is 277 g/mol. The van der Waals surface area contributed by atoms with Crippen LogP contribution >= 0.6 is 11.8 Å². The zero-order chi connectivity index (χ0) is 14.1. The summed E-state index contributed by atoms with van der Waals surface area (Å²) in [6, 6.07) is -1.91. The summed E-state index contributed by atoms with van der Waals surface area (Å²) >= 11 is 1.66. The van der Waals surface area contributed by atoms with E-state index in [9.17, 15) is 14.4 Å². The van der Waals surface area contributed by atoms with E-state index in [-0.39, 0.29) is 5.92 Å². The molecular formula is C10H19N3O4S. The number of nitrogens with two attached hydrogens (primary N) is 1. The molecule has 0 aliphatic heterocycles. The van der Waals surface area contributed by atoms with E-state index < -0.39 is 30.4 Å². The van der Waals surface area contributed by atoms with Crippen molar-refractivity contribution in [3.8, 4) is 0 Å². The topological polar surface area (TPSA) is 122 Å². The van der Waals surface area contributed by atoms with Gasteiger partial charge in [-0.25, -0.2) is 9.59 Å². The molecule has 2 unspecified atom stereocenters. The summed E-state index contributed by atoms with van der Waals surface area (Å²) in [6.45, 7) is 2.41. The molecule has 0 fully saturated rings. The average Bonchev–Trinajstić information content (AvgIpc) is 2.25. The van der Waals surface area contributed by atoms with Crippen LogP contribution in [0.25, 0.3) is 0 Å². The lowest BCUT2D eigenvalue weighted by molar-refractivity contribution is -0.140. The molecule has 0 aromatic heterocycles. The predicted octanol–water partition coefficient (Wildman–Crippen LogP) is -0.387. The second-order valence-corrected chi connectivity index (χ2v) is 4.89. The van der Waals surface area contributed by atoms with E-state index in [1.165, 1.54) is 0 Å². The summed E-state index contributed by atoms with van der Waals surface area (Å²) in [5, 5.41) is 13.5. The first kappa shape index (κ1) is 16.6. The number of hydrogen-bond acceptors (Lipinski definition) is 4. The van der Waals surface area contributed by atoms with Crippen LogP contribution in [0.2, 0.25) is 0 Å². The Balaban J connectivity index is 4.10. The minimum Gasteiger partial charge on any atom is -0.480 e. The van der Waals surface area contributed by atoms with Gasteiger partial charge in [-0.1, -0.05) is 6.92 Å². The lowest BCUT2D eigenvalue weighted by atomic mass is 10.2. The number of carbonyl (C=O) groups excluding carboxylic acids is 2. The second kappa shape index (κ2) is 8.62. The Bertz CT molecular complexity index is 311. The molecular weight excluding hydrogens is 258 g/mol. The van der Waals surface area contributed by atoms with Crippen LogP contribution in [0, 0.1) is 5.92 Å². The first-order chi connectivity index (χ1) is 8.36. The Morgan fingerprint density at radius 3 is 2.44 bits per heavy atom. The maximum absolute atomic E-state index is 11.4. The lowest BCUT2D eigenvalue weighted by Crippen LogP contribution is -2.48. The molecule has 0 saturated carbocycles. The zero-order valence-corrected chi connectivity index (χ0v) is 11.3. The van der Waals surface area contributed by atoms with Gasteiger partial charge in [-0.15, -0.1) is 0 Å². The standard InChI is InChI=1S/C10H19N3O4S/c1-6(5-18-2)4-12-10(17)13-7(9(15)16)3-8(11)14/h6-7H,3-5H2,1-2H3,(H2,11,14)(H,15,16)(H2,12,13,17). The highest BCUT2D eigenvalue weighted by Gasteiger charge is 2.21. The van der Waals surface area contributed by atoms with Gasteiger partial charge in [0.05, 0.1) is 6.42 Å². The van der Waals surface area contributed by atoms with Crippen LogP contribution in [-0.4, -0.2) is 47.6 Å². The Morgan fingerprint density at radius 1 is 1.39 bits per heavy atom. The van der Waals surface area contributed by atoms with E-state index in [0.717, 1.165) is 5.75 Å². The first-order valence-corrected chi connectivity index (χ1v) is 6.80. The van der Waals surface area contributed by atoms with Crippen LogP contribution in [0.3, 0.4) is 0 Å². The number of rotatable bonds is 8. The van der Waals surface area contributed by atoms with Crippen molar-refractivity contribution in [2.24, 2.45) is 11.7 Å². The summed E-state index contributed by atoms with van der Waals surface area (Å²) in [5.74, 6) is -0.895. The first-order valence-electron chi connectivity index (χ1n) is 5.41. The smallest absolute Gasteiger partial charge is 0.326 e. The van der Waals surface area contributed by atoms with Crippen LogP contribution in [0.1, 0.15) is 13.3 Å². The third kappa shape index (κ3) is 7.77. The van der Waals surface area contributed by atoms with Gasteiger partial charge >= 0.3 is 12.0 Å². The van der Waals surface area contributed by atoms with Crippen LogP contribution < -0.4 is 16.4 Å². The molecule has 3 amide bonds. The number of nitrogens with one attached hydrogen (secondary N) is 2. The van der Waals surface area contributed by atoms with Crippen molar-refractivity contribution in [1.82, 2.24) is 10.6 Å². The summed E-state index contributed by atoms with van der Waals surface area (Å²) in [6.07, 6.45) is 1.53. The molecule has 8 heteroatoms. The molecule has 0 aliphatic rings. The third-order valence-corrected chi connectivity index (χ3v) is 2.97. The number of urea groups is 1. The maximum atomic E-state index is 11.4. The van der Waals surface area contributed by atoms with Gasteiger partial charge in [0, 0.05) is 6.54 Å². The van der Waals surface area contributed by atoms with Crippen LogP contribution in [-0.2, 0) is 9.59 Å². The number of carboxylic acids is 1. The normalized spacial score (nSPS) is 13.4. The van der Waals surface area contributed by atoms with Crippen molar-refractivity contribution in [1.29, 1.82) is 0 Å². The molecule has 2 atom stereocenters. The van der Waals surface area contributed by atoms with E-state index >= 15 is 0 Å². The van der Waals surface area contributed by atoms with Crippen LogP contribution in [0.4, 0.5) is 4.79 Å². The Labute approximate surface area is 110 Å². The fourth-order valence-electron chi connectivity index (χ4n) is 1.22. The molecule has 18 heavy (non-hydrogen) atoms. The number of carbonyl (C=O) groups is 3. The quantitative estimate of drug-likeness (QED) is 0.481. The minimum absolute atomic E-state index is 0.283. The highest BCUT2D eigenvalue weighted by Crippen LogP contribution is 2.02. The van der Waals surface area contributed by atoms with E-state index in [1.54, 1.807) is 11.8 Å². The highest BCUT2D eigenvalue weighted by atomic mass is 32.2. The van der Waals surface area contributed by atoms with Crippen LogP contribution in [0.5, 0.6) is 0 Å². The van der Waals surface area contributed by atoms with Gasteiger partial charge in [-0.3, -0.25) is 4.79 Å². The predicted molar refractivity (Wildman–Crippen MR) is 69.3 cm³/mol. The Hall–Kier alpha value is -1.44. The van der Waals surface area contributed by atoms with Gasteiger partial charge in [0.25, 0.3) is 0 Å². The van der Waals surface area contributed by atoms with Crippen molar-refractivity contribution < 1.29 is 19.5 Å². The minimum atomic E-state index is -1.29. The molecule has 0 aromatic carbocycles. The van der Waals surface area contributed by atoms with Crippen LogP contribution in [0.15, 0.2) is 0 Å². The number of hydrogen-bond donors (Lipinski definition) is 4. The molecule has 0 rings (SSSR count). The monoisotopic (exact) mass is 277 g/mol. The summed E-state index contributed by atoms with van der Waals surface area (Å²) in [4.78, 5) is 32.8. The summed E-state index contributed by atoms with van der Waals surface area (Å²) in [7, 11) is 0. The third-order valence-electron chi connectivity index (χ3n) is 2.07. The molecule has 0 heterocycles. The van der Waals surface area contributed by atoms with Crippen molar-refractivity contribution in [2.45, 2.75) is 19.4 Å². The van der Waals surface area contributed by atoms with Crippen molar-refractivity contribution in [3.05, 3.63) is 0 Å². The van der Waals surface area contributed by atoms with Crippen molar-refractivity contribution >= 4 is 29.7 Å². The van der Waals surface area contributed by atoms with Gasteiger partial charge in [0.15, 0.2) is 0 Å². The molecule has 0 aliphatic carbocycles. The Morgan fingerprint density at radius 2 is 2.00 bits per heavy atom. The van der Waals surface area contributed by atoms with E-state index in [1.807, 2.05) is 13.2 Å². The van der Waals surface area contributed by atoms with Gasteiger partial charge in [0.2, 0.25) is 5.91 Å². The number of amides is 3. The fraction of sp³-hybridized carbons (Fsp3) is 0.700. The van der Waals surface area contributed by atoms with E-state index in [0.29, 0.717) is 6.54 Å². The van der Waals surface area contributed by atoms with Gasteiger partial charge < -0.3 is 21.5 Å². The highest BCUT2D eigenvalue weighted by molar-refractivity contribution is 7.98. The van der Waals surface area contributed by atoms with Gasteiger partial charge in [0.1, 0.15) is 6.04 Å². The number of aliphatic carboxylic acids is 1.